The van der Waals surface area contributed by atoms with E-state index in [2.05, 4.69) is 41.2 Å². The highest BCUT2D eigenvalue weighted by atomic mass is 16.2. The molecule has 32 heavy (non-hydrogen) atoms. The van der Waals surface area contributed by atoms with Gasteiger partial charge < -0.3 is 20.4 Å². The molecule has 3 rings (SSSR count). The Bertz CT molecular complexity index is 888. The molecule has 1 aliphatic heterocycles. The molecular formula is C26H36N4O2. The van der Waals surface area contributed by atoms with Gasteiger partial charge in [0.05, 0.1) is 5.56 Å². The second kappa shape index (κ2) is 11.7. The van der Waals surface area contributed by atoms with Crippen molar-refractivity contribution in [1.82, 2.24) is 10.2 Å². The fourth-order valence-electron chi connectivity index (χ4n) is 4.08. The van der Waals surface area contributed by atoms with Gasteiger partial charge in [0.15, 0.2) is 0 Å². The van der Waals surface area contributed by atoms with Crippen LogP contribution in [0.4, 0.5) is 11.4 Å². The van der Waals surface area contributed by atoms with Gasteiger partial charge in [0.25, 0.3) is 11.8 Å². The van der Waals surface area contributed by atoms with Crippen molar-refractivity contribution in [1.29, 1.82) is 0 Å². The second-order valence-corrected chi connectivity index (χ2v) is 8.50. The maximum Gasteiger partial charge on any atom is 0.255 e. The average molecular weight is 437 g/mol. The molecule has 1 heterocycles. The van der Waals surface area contributed by atoms with E-state index in [0.29, 0.717) is 29.3 Å². The molecule has 2 aromatic carbocycles. The van der Waals surface area contributed by atoms with Crippen LogP contribution in [0.5, 0.6) is 0 Å². The lowest BCUT2D eigenvalue weighted by molar-refractivity contribution is 0.0948. The van der Waals surface area contributed by atoms with Crippen molar-refractivity contribution in [3.63, 3.8) is 0 Å². The highest BCUT2D eigenvalue weighted by molar-refractivity contribution is 6.06. The topological polar surface area (TPSA) is 64.7 Å². The third-order valence-electron chi connectivity index (χ3n) is 6.27. The van der Waals surface area contributed by atoms with Crippen molar-refractivity contribution < 1.29 is 9.59 Å². The largest absolute Gasteiger partial charge is 0.371 e. The monoisotopic (exact) mass is 436 g/mol. The van der Waals surface area contributed by atoms with Gasteiger partial charge in [0, 0.05) is 43.1 Å². The summed E-state index contributed by atoms with van der Waals surface area (Å²) in [6, 6.07) is 14.8. The summed E-state index contributed by atoms with van der Waals surface area (Å²) in [6.45, 7) is 11.7. The van der Waals surface area contributed by atoms with Crippen molar-refractivity contribution in [2.45, 2.75) is 33.6 Å². The minimum absolute atomic E-state index is 0.0958. The molecule has 2 amide bonds. The fraction of sp³-hybridized carbons (Fsp3) is 0.462. The number of carbonyl (C=O) groups is 2. The van der Waals surface area contributed by atoms with Crippen LogP contribution in [0.3, 0.4) is 0 Å². The van der Waals surface area contributed by atoms with Crippen LogP contribution >= 0.6 is 0 Å². The molecule has 0 atom stereocenters. The quantitative estimate of drug-likeness (QED) is 0.617. The summed E-state index contributed by atoms with van der Waals surface area (Å²) in [5, 5.41) is 6.02. The molecule has 0 saturated carbocycles. The van der Waals surface area contributed by atoms with Crippen molar-refractivity contribution in [3.8, 4) is 0 Å². The summed E-state index contributed by atoms with van der Waals surface area (Å²) >= 11 is 0. The van der Waals surface area contributed by atoms with Gasteiger partial charge in [0.1, 0.15) is 0 Å². The Labute approximate surface area is 192 Å². The number of carbonyl (C=O) groups excluding carboxylic acids is 2. The van der Waals surface area contributed by atoms with Crippen LogP contribution in [0, 0.1) is 5.92 Å². The van der Waals surface area contributed by atoms with E-state index in [1.165, 1.54) is 0 Å². The molecule has 0 unspecified atom stereocenters. The lowest BCUT2D eigenvalue weighted by Gasteiger charge is -2.33. The van der Waals surface area contributed by atoms with E-state index in [1.54, 1.807) is 18.2 Å². The minimum Gasteiger partial charge on any atom is -0.371 e. The summed E-state index contributed by atoms with van der Waals surface area (Å²) in [5.41, 5.74) is 2.77. The number of benzene rings is 2. The zero-order valence-electron chi connectivity index (χ0n) is 19.6. The van der Waals surface area contributed by atoms with E-state index < -0.39 is 0 Å². The van der Waals surface area contributed by atoms with Crippen molar-refractivity contribution in [3.05, 3.63) is 59.7 Å². The zero-order chi connectivity index (χ0) is 22.9. The van der Waals surface area contributed by atoms with Crippen LogP contribution in [0.25, 0.3) is 0 Å². The summed E-state index contributed by atoms with van der Waals surface area (Å²) in [6.07, 6.45) is 2.24. The number of anilines is 2. The first-order valence-electron chi connectivity index (χ1n) is 11.8. The van der Waals surface area contributed by atoms with E-state index in [4.69, 9.17) is 0 Å². The second-order valence-electron chi connectivity index (χ2n) is 8.50. The van der Waals surface area contributed by atoms with Gasteiger partial charge in [-0.3, -0.25) is 9.59 Å². The third kappa shape index (κ3) is 6.33. The van der Waals surface area contributed by atoms with Gasteiger partial charge in [-0.25, -0.2) is 0 Å². The maximum absolute atomic E-state index is 13.2. The molecule has 6 nitrogen and oxygen atoms in total. The van der Waals surface area contributed by atoms with E-state index in [0.717, 1.165) is 51.3 Å². The van der Waals surface area contributed by atoms with Gasteiger partial charge in [-0.15, -0.1) is 0 Å². The van der Waals surface area contributed by atoms with Crippen LogP contribution in [0.2, 0.25) is 0 Å². The van der Waals surface area contributed by atoms with Crippen LogP contribution in [-0.4, -0.2) is 56.0 Å². The Morgan fingerprint density at radius 3 is 2.34 bits per heavy atom. The summed E-state index contributed by atoms with van der Waals surface area (Å²) in [5.74, 6) is 0.432. The smallest absolute Gasteiger partial charge is 0.255 e. The van der Waals surface area contributed by atoms with E-state index >= 15 is 0 Å². The Morgan fingerprint density at radius 1 is 1.00 bits per heavy atom. The lowest BCUT2D eigenvalue weighted by atomic mass is 9.97. The normalized spacial score (nSPS) is 14.4. The zero-order valence-corrected chi connectivity index (χ0v) is 19.6. The van der Waals surface area contributed by atoms with Gasteiger partial charge in [0.2, 0.25) is 0 Å². The number of nitrogens with one attached hydrogen (secondary N) is 2. The first kappa shape index (κ1) is 23.8. The first-order valence-corrected chi connectivity index (χ1v) is 11.8. The van der Waals surface area contributed by atoms with Crippen LogP contribution in [-0.2, 0) is 0 Å². The number of piperidine rings is 1. The number of rotatable bonds is 9. The summed E-state index contributed by atoms with van der Waals surface area (Å²) < 4.78 is 0. The van der Waals surface area contributed by atoms with Gasteiger partial charge in [-0.1, -0.05) is 39.0 Å². The standard InChI is InChI=1S/C26H36N4O2/c1-4-29(5-2)18-15-27-26(32)23-19-22(28-25(31)21-9-7-6-8-10-21)11-12-24(23)30-16-13-20(3)14-17-30/h6-12,19-20H,4-5,13-18H2,1-3H3,(H,27,32)(H,28,31). The molecular weight excluding hydrogens is 400 g/mol. The Morgan fingerprint density at radius 2 is 1.69 bits per heavy atom. The van der Waals surface area contributed by atoms with E-state index in [-0.39, 0.29) is 11.8 Å². The predicted octanol–water partition coefficient (Wildman–Crippen LogP) is 4.25. The fourth-order valence-corrected chi connectivity index (χ4v) is 4.08. The molecule has 0 aliphatic carbocycles. The predicted molar refractivity (Wildman–Crippen MR) is 132 cm³/mol. The molecule has 0 spiro atoms. The highest BCUT2D eigenvalue weighted by Crippen LogP contribution is 2.29. The Balaban J connectivity index is 1.78. The van der Waals surface area contributed by atoms with E-state index in [1.807, 2.05) is 30.3 Å². The molecule has 6 heteroatoms. The number of amides is 2. The molecule has 0 radical (unpaired) electrons. The van der Waals surface area contributed by atoms with E-state index in [9.17, 15) is 9.59 Å². The minimum atomic E-state index is -0.182. The van der Waals surface area contributed by atoms with Crippen LogP contribution in [0.1, 0.15) is 54.3 Å². The molecule has 1 fully saturated rings. The molecule has 172 valence electrons. The first-order chi connectivity index (χ1) is 15.5. The van der Waals surface area contributed by atoms with Crippen molar-refractivity contribution >= 4 is 23.2 Å². The maximum atomic E-state index is 13.2. The van der Waals surface area contributed by atoms with Crippen LogP contribution in [0.15, 0.2) is 48.5 Å². The Hall–Kier alpha value is -2.86. The highest BCUT2D eigenvalue weighted by Gasteiger charge is 2.22. The summed E-state index contributed by atoms with van der Waals surface area (Å²) in [4.78, 5) is 30.3. The van der Waals surface area contributed by atoms with Crippen molar-refractivity contribution in [2.75, 3.05) is 49.5 Å². The number of hydrogen-bond acceptors (Lipinski definition) is 4. The van der Waals surface area contributed by atoms with Crippen molar-refractivity contribution in [2.24, 2.45) is 5.92 Å². The van der Waals surface area contributed by atoms with Gasteiger partial charge in [-0.2, -0.15) is 0 Å². The number of hydrogen-bond donors (Lipinski definition) is 2. The van der Waals surface area contributed by atoms with Gasteiger partial charge >= 0.3 is 0 Å². The average Bonchev–Trinajstić information content (AvgIpc) is 2.83. The summed E-state index contributed by atoms with van der Waals surface area (Å²) in [7, 11) is 0. The molecule has 2 aromatic rings. The third-order valence-corrected chi connectivity index (χ3v) is 6.27. The number of likely N-dealkylation sites (N-methyl/N-ethyl adjacent to an activating group) is 1. The molecule has 2 N–H and O–H groups in total. The van der Waals surface area contributed by atoms with Gasteiger partial charge in [-0.05, 0) is 62.2 Å². The SMILES string of the molecule is CCN(CC)CCNC(=O)c1cc(NC(=O)c2ccccc2)ccc1N1CCC(C)CC1. The number of nitrogens with zero attached hydrogens (tertiary/aromatic N) is 2. The molecule has 1 saturated heterocycles. The molecule has 0 bridgehead atoms. The lowest BCUT2D eigenvalue weighted by Crippen LogP contribution is -2.37. The van der Waals surface area contributed by atoms with Crippen LogP contribution < -0.4 is 15.5 Å². The molecule has 0 aromatic heterocycles. The Kier molecular flexibility index (Phi) is 8.68. The molecule has 1 aliphatic rings.